The highest BCUT2D eigenvalue weighted by Crippen LogP contribution is 2.43. The molecule has 5 unspecified atom stereocenters. The van der Waals surface area contributed by atoms with Crippen LogP contribution in [0.4, 0.5) is 14.9 Å². The quantitative estimate of drug-likeness (QED) is 0.751. The van der Waals surface area contributed by atoms with Gasteiger partial charge in [0.2, 0.25) is 5.91 Å². The second-order valence-corrected chi connectivity index (χ2v) is 9.03. The molecular formula is C23H28FN3O5. The predicted octanol–water partition coefficient (Wildman–Crippen LogP) is 2.22. The number of rotatable bonds is 5. The molecule has 172 valence electrons. The predicted molar refractivity (Wildman–Crippen MR) is 112 cm³/mol. The Bertz CT molecular complexity index is 888. The minimum absolute atomic E-state index is 0.00131. The van der Waals surface area contributed by atoms with E-state index in [1.807, 2.05) is 0 Å². The van der Waals surface area contributed by atoms with Crippen LogP contribution in [0.5, 0.6) is 0 Å². The van der Waals surface area contributed by atoms with Crippen molar-refractivity contribution in [3.63, 3.8) is 0 Å². The van der Waals surface area contributed by atoms with Gasteiger partial charge in [0.25, 0.3) is 5.91 Å². The number of amides is 4. The smallest absolute Gasteiger partial charge is 0.332 e. The molecule has 1 saturated carbocycles. The highest BCUT2D eigenvalue weighted by atomic mass is 19.1. The van der Waals surface area contributed by atoms with Gasteiger partial charge in [-0.3, -0.25) is 9.59 Å². The van der Waals surface area contributed by atoms with Crippen molar-refractivity contribution < 1.29 is 28.2 Å². The molecule has 1 N–H and O–H groups in total. The number of carbonyl (C=O) groups excluding carboxylic acids is 3. The van der Waals surface area contributed by atoms with Crippen molar-refractivity contribution in [2.24, 2.45) is 5.92 Å². The van der Waals surface area contributed by atoms with E-state index in [-0.39, 0.29) is 36.3 Å². The van der Waals surface area contributed by atoms with E-state index in [9.17, 15) is 18.8 Å². The highest BCUT2D eigenvalue weighted by Gasteiger charge is 2.58. The maximum absolute atomic E-state index is 13.5. The fourth-order valence-electron chi connectivity index (χ4n) is 5.50. The Kier molecular flexibility index (Phi) is 5.86. The van der Waals surface area contributed by atoms with E-state index in [1.54, 1.807) is 0 Å². The lowest BCUT2D eigenvalue weighted by molar-refractivity contribution is -0.134. The zero-order chi connectivity index (χ0) is 22.2. The molecule has 4 amide bonds. The summed E-state index contributed by atoms with van der Waals surface area (Å²) in [5.74, 6) is -1.17. The Balaban J connectivity index is 1.40. The first-order valence-corrected chi connectivity index (χ1v) is 11.5. The normalized spacial score (nSPS) is 32.1. The van der Waals surface area contributed by atoms with Crippen LogP contribution in [-0.2, 0) is 19.1 Å². The molecule has 4 aliphatic rings. The van der Waals surface area contributed by atoms with Gasteiger partial charge < -0.3 is 19.7 Å². The maximum atomic E-state index is 13.5. The maximum Gasteiger partial charge on any atom is 0.332 e. The number of hydrogen-bond donors (Lipinski definition) is 1. The van der Waals surface area contributed by atoms with Crippen molar-refractivity contribution >= 4 is 23.5 Å². The minimum atomic E-state index is -0.822. The lowest BCUT2D eigenvalue weighted by Gasteiger charge is -2.42. The third-order valence-corrected chi connectivity index (χ3v) is 7.03. The molecule has 0 bridgehead atoms. The van der Waals surface area contributed by atoms with Gasteiger partial charge in [0.1, 0.15) is 12.4 Å². The molecule has 4 fully saturated rings. The Hall–Kier alpha value is -2.52. The van der Waals surface area contributed by atoms with Gasteiger partial charge in [-0.15, -0.1) is 0 Å². The van der Waals surface area contributed by atoms with Gasteiger partial charge in [-0.25, -0.2) is 14.1 Å². The van der Waals surface area contributed by atoms with E-state index in [1.165, 1.54) is 29.2 Å². The molecular weight excluding hydrogens is 417 g/mol. The summed E-state index contributed by atoms with van der Waals surface area (Å²) in [5, 5.41) is 2.87. The Morgan fingerprint density at radius 1 is 1.09 bits per heavy atom. The van der Waals surface area contributed by atoms with Crippen LogP contribution < -0.4 is 10.2 Å². The lowest BCUT2D eigenvalue weighted by Crippen LogP contribution is -2.66. The third-order valence-electron chi connectivity index (χ3n) is 7.03. The first kappa shape index (κ1) is 21.3. The fraction of sp³-hybridized carbons (Fsp3) is 0.609. The van der Waals surface area contributed by atoms with Crippen molar-refractivity contribution in [2.75, 3.05) is 24.6 Å². The lowest BCUT2D eigenvalue weighted by atomic mass is 9.81. The summed E-state index contributed by atoms with van der Waals surface area (Å²) in [6.07, 6.45) is 4.69. The number of hydrogen-bond acceptors (Lipinski definition) is 5. The zero-order valence-corrected chi connectivity index (χ0v) is 17.9. The van der Waals surface area contributed by atoms with Crippen LogP contribution in [0, 0.1) is 11.7 Å². The average molecular weight is 445 g/mol. The standard InChI is InChI=1S/C23H28FN3O5/c24-14-7-9-15(10-8-14)27-22(29)21-20(17-5-1-2-6-18(17)32-21)26(23(27)30)13-19(28)25-12-16-4-3-11-31-16/h7-10,16-18,20-21H,1-6,11-13H2,(H,25,28). The van der Waals surface area contributed by atoms with Crippen LogP contribution in [0.15, 0.2) is 24.3 Å². The molecule has 0 radical (unpaired) electrons. The van der Waals surface area contributed by atoms with Crippen molar-refractivity contribution in [2.45, 2.75) is 62.9 Å². The van der Waals surface area contributed by atoms with Crippen molar-refractivity contribution in [3.05, 3.63) is 30.1 Å². The van der Waals surface area contributed by atoms with Crippen LogP contribution in [0.2, 0.25) is 0 Å². The summed E-state index contributed by atoms with van der Waals surface area (Å²) in [7, 11) is 0. The zero-order valence-electron chi connectivity index (χ0n) is 17.9. The second kappa shape index (κ2) is 8.78. The number of carbonyl (C=O) groups is 3. The fourth-order valence-corrected chi connectivity index (χ4v) is 5.50. The first-order chi connectivity index (χ1) is 15.5. The Morgan fingerprint density at radius 3 is 2.62 bits per heavy atom. The second-order valence-electron chi connectivity index (χ2n) is 9.03. The van der Waals surface area contributed by atoms with Gasteiger partial charge >= 0.3 is 6.03 Å². The monoisotopic (exact) mass is 445 g/mol. The van der Waals surface area contributed by atoms with E-state index in [0.717, 1.165) is 43.4 Å². The summed E-state index contributed by atoms with van der Waals surface area (Å²) in [5.41, 5.74) is 0.267. The summed E-state index contributed by atoms with van der Waals surface area (Å²) in [6, 6.07) is 4.16. The minimum Gasteiger partial charge on any atom is -0.376 e. The topological polar surface area (TPSA) is 88.2 Å². The van der Waals surface area contributed by atoms with Crippen LogP contribution in [-0.4, -0.2) is 66.8 Å². The molecule has 0 aromatic heterocycles. The SMILES string of the molecule is O=C(CN1C(=O)N(c2ccc(F)cc2)C(=O)C2OC3CCCCC3C21)NCC1CCCO1. The molecule has 32 heavy (non-hydrogen) atoms. The molecule has 8 nitrogen and oxygen atoms in total. The van der Waals surface area contributed by atoms with Crippen LogP contribution in [0.3, 0.4) is 0 Å². The molecule has 1 aliphatic carbocycles. The van der Waals surface area contributed by atoms with Crippen LogP contribution >= 0.6 is 0 Å². The van der Waals surface area contributed by atoms with Gasteiger partial charge in [-0.1, -0.05) is 12.8 Å². The van der Waals surface area contributed by atoms with E-state index in [0.29, 0.717) is 13.2 Å². The van der Waals surface area contributed by atoms with E-state index < -0.39 is 29.9 Å². The summed E-state index contributed by atoms with van der Waals surface area (Å²) >= 11 is 0. The van der Waals surface area contributed by atoms with E-state index >= 15 is 0 Å². The van der Waals surface area contributed by atoms with E-state index in [4.69, 9.17) is 9.47 Å². The number of anilines is 1. The molecule has 9 heteroatoms. The molecule has 5 atom stereocenters. The van der Waals surface area contributed by atoms with Gasteiger partial charge in [0.05, 0.1) is 23.9 Å². The summed E-state index contributed by atoms with van der Waals surface area (Å²) in [4.78, 5) is 42.1. The number of halogens is 1. The van der Waals surface area contributed by atoms with Crippen molar-refractivity contribution in [1.29, 1.82) is 0 Å². The van der Waals surface area contributed by atoms with Gasteiger partial charge in [0.15, 0.2) is 6.10 Å². The average Bonchev–Trinajstić information content (AvgIpc) is 3.45. The van der Waals surface area contributed by atoms with Crippen LogP contribution in [0.1, 0.15) is 38.5 Å². The molecule has 1 aromatic carbocycles. The Morgan fingerprint density at radius 2 is 1.88 bits per heavy atom. The van der Waals surface area contributed by atoms with Gasteiger partial charge in [-0.2, -0.15) is 0 Å². The molecule has 5 rings (SSSR count). The van der Waals surface area contributed by atoms with Crippen molar-refractivity contribution in [1.82, 2.24) is 10.2 Å². The van der Waals surface area contributed by atoms with Crippen molar-refractivity contribution in [3.8, 4) is 0 Å². The number of ether oxygens (including phenoxy) is 2. The molecule has 3 heterocycles. The molecule has 0 spiro atoms. The third kappa shape index (κ3) is 3.88. The van der Waals surface area contributed by atoms with E-state index in [2.05, 4.69) is 5.32 Å². The number of urea groups is 1. The number of nitrogens with one attached hydrogen (secondary N) is 1. The summed E-state index contributed by atoms with van der Waals surface area (Å²) < 4.78 is 25.1. The first-order valence-electron chi connectivity index (χ1n) is 11.5. The van der Waals surface area contributed by atoms with Crippen LogP contribution in [0.25, 0.3) is 0 Å². The summed E-state index contributed by atoms with van der Waals surface area (Å²) in [6.45, 7) is 0.937. The number of imide groups is 1. The highest BCUT2D eigenvalue weighted by molar-refractivity contribution is 6.18. The Labute approximate surface area is 186 Å². The van der Waals surface area contributed by atoms with Gasteiger partial charge in [-0.05, 0) is 49.9 Å². The largest absolute Gasteiger partial charge is 0.376 e. The number of benzene rings is 1. The molecule has 3 aliphatic heterocycles. The van der Waals surface area contributed by atoms with Gasteiger partial charge in [0, 0.05) is 19.1 Å². The number of fused-ring (bicyclic) bond motifs is 3. The molecule has 1 aromatic rings. The number of nitrogens with zero attached hydrogens (tertiary/aromatic N) is 2. The molecule has 3 saturated heterocycles.